The van der Waals surface area contributed by atoms with Crippen molar-refractivity contribution in [1.82, 2.24) is 0 Å². The Hall–Kier alpha value is -2.94. The van der Waals surface area contributed by atoms with Crippen LogP contribution in [0, 0.1) is 23.3 Å². The molecule has 25 heavy (non-hydrogen) atoms. The van der Waals surface area contributed by atoms with Crippen LogP contribution in [0.3, 0.4) is 0 Å². The Bertz CT molecular complexity index is 824. The molecule has 0 radical (unpaired) electrons. The molecular weight excluding hydrogens is 348 g/mol. The Morgan fingerprint density at radius 3 is 1.80 bits per heavy atom. The summed E-state index contributed by atoms with van der Waals surface area (Å²) in [5, 5.41) is 18.8. The number of carbonyl (C=O) groups excluding carboxylic acids is 1. The van der Waals surface area contributed by atoms with Crippen LogP contribution in [0.1, 0.15) is 23.3 Å². The summed E-state index contributed by atoms with van der Waals surface area (Å²) in [5.74, 6) is -7.90. The second-order valence-corrected chi connectivity index (χ2v) is 4.89. The molecule has 0 fully saturated rings. The summed E-state index contributed by atoms with van der Waals surface area (Å²) in [5.41, 5.74) is -1.33. The average Bonchev–Trinajstić information content (AvgIpc) is 2.52. The van der Waals surface area contributed by atoms with Gasteiger partial charge in [0.2, 0.25) is 6.10 Å². The molecule has 2 unspecified atom stereocenters. The Balaban J connectivity index is 2.27. The Kier molecular flexibility index (Phi) is 5.38. The molecule has 2 atom stereocenters. The number of aliphatic hydroxyl groups excluding tert-OH is 1. The van der Waals surface area contributed by atoms with E-state index >= 15 is 0 Å². The lowest BCUT2D eigenvalue weighted by atomic mass is 10.1. The second-order valence-electron chi connectivity index (χ2n) is 4.89. The van der Waals surface area contributed by atoms with E-state index in [0.29, 0.717) is 12.1 Å². The van der Waals surface area contributed by atoms with Crippen molar-refractivity contribution in [1.29, 1.82) is 0 Å². The standard InChI is InChI=1S/C16H10F4O5/c17-7-1-3-9(11(19)5-7)13(21)16(24)25-14(15(22)23)10-4-2-8(18)6-12(10)20/h1-6,13-14,21H,(H,22,23). The minimum atomic E-state index is -2.27. The van der Waals surface area contributed by atoms with Gasteiger partial charge in [-0.15, -0.1) is 0 Å². The van der Waals surface area contributed by atoms with Gasteiger partial charge in [-0.2, -0.15) is 0 Å². The predicted molar refractivity (Wildman–Crippen MR) is 74.1 cm³/mol. The molecule has 0 aliphatic carbocycles. The summed E-state index contributed by atoms with van der Waals surface area (Å²) < 4.78 is 57.5. The number of halogens is 4. The minimum Gasteiger partial charge on any atom is -0.478 e. The molecule has 2 N–H and O–H groups in total. The first kappa shape index (κ1) is 18.4. The number of aliphatic hydroxyl groups is 1. The molecule has 0 bridgehead atoms. The minimum absolute atomic E-state index is 0.384. The number of carboxylic acids is 1. The predicted octanol–water partition coefficient (Wildman–Crippen LogP) is 2.65. The first-order chi connectivity index (χ1) is 11.7. The van der Waals surface area contributed by atoms with Gasteiger partial charge in [-0.3, -0.25) is 0 Å². The molecule has 9 heteroatoms. The van der Waals surface area contributed by atoms with E-state index in [0.717, 1.165) is 24.3 Å². The van der Waals surface area contributed by atoms with E-state index < -0.39 is 58.5 Å². The maximum Gasteiger partial charge on any atom is 0.349 e. The quantitative estimate of drug-likeness (QED) is 0.634. The number of hydrogen-bond acceptors (Lipinski definition) is 4. The monoisotopic (exact) mass is 358 g/mol. The highest BCUT2D eigenvalue weighted by Gasteiger charge is 2.32. The Morgan fingerprint density at radius 1 is 0.880 bits per heavy atom. The summed E-state index contributed by atoms with van der Waals surface area (Å²) in [6.45, 7) is 0. The smallest absolute Gasteiger partial charge is 0.349 e. The summed E-state index contributed by atoms with van der Waals surface area (Å²) in [6, 6.07) is 3.82. The van der Waals surface area contributed by atoms with Crippen LogP contribution in [0.15, 0.2) is 36.4 Å². The van der Waals surface area contributed by atoms with Crippen molar-refractivity contribution in [2.24, 2.45) is 0 Å². The molecule has 0 spiro atoms. The van der Waals surface area contributed by atoms with Gasteiger partial charge < -0.3 is 14.9 Å². The van der Waals surface area contributed by atoms with E-state index in [1.54, 1.807) is 0 Å². The van der Waals surface area contributed by atoms with Crippen molar-refractivity contribution < 1.29 is 42.1 Å². The molecule has 0 heterocycles. The summed E-state index contributed by atoms with van der Waals surface area (Å²) in [7, 11) is 0. The molecule has 0 aliphatic heterocycles. The molecule has 0 amide bonds. The third-order valence-electron chi connectivity index (χ3n) is 3.18. The van der Waals surface area contributed by atoms with Gasteiger partial charge in [-0.05, 0) is 24.3 Å². The number of ether oxygens (including phenoxy) is 1. The lowest BCUT2D eigenvalue weighted by molar-refractivity contribution is -0.171. The molecule has 2 rings (SSSR count). The molecule has 0 aromatic heterocycles. The van der Waals surface area contributed by atoms with E-state index in [1.807, 2.05) is 0 Å². The lowest BCUT2D eigenvalue weighted by Gasteiger charge is -2.17. The summed E-state index contributed by atoms with van der Waals surface area (Å²) in [4.78, 5) is 23.1. The number of carboxylic acid groups (broad SMARTS) is 1. The van der Waals surface area contributed by atoms with Crippen LogP contribution in [0.4, 0.5) is 17.6 Å². The van der Waals surface area contributed by atoms with Gasteiger partial charge in [0.1, 0.15) is 23.3 Å². The molecule has 0 saturated carbocycles. The molecule has 0 aliphatic rings. The fraction of sp³-hybridized carbons (Fsp3) is 0.125. The molecule has 0 saturated heterocycles. The summed E-state index contributed by atoms with van der Waals surface area (Å²) in [6.07, 6.45) is -4.47. The van der Waals surface area contributed by atoms with Crippen molar-refractivity contribution in [2.45, 2.75) is 12.2 Å². The number of hydrogen-bond donors (Lipinski definition) is 2. The highest BCUT2D eigenvalue weighted by Crippen LogP contribution is 2.26. The largest absolute Gasteiger partial charge is 0.478 e. The first-order valence-corrected chi connectivity index (χ1v) is 6.72. The van der Waals surface area contributed by atoms with Crippen molar-refractivity contribution in [3.63, 3.8) is 0 Å². The van der Waals surface area contributed by atoms with Gasteiger partial charge in [-0.25, -0.2) is 27.2 Å². The zero-order valence-corrected chi connectivity index (χ0v) is 12.2. The van der Waals surface area contributed by atoms with Gasteiger partial charge >= 0.3 is 11.9 Å². The molecule has 132 valence electrons. The van der Waals surface area contributed by atoms with E-state index in [4.69, 9.17) is 5.11 Å². The van der Waals surface area contributed by atoms with E-state index in [9.17, 15) is 32.3 Å². The highest BCUT2D eigenvalue weighted by atomic mass is 19.1. The van der Waals surface area contributed by atoms with Crippen molar-refractivity contribution in [3.05, 3.63) is 70.8 Å². The molecule has 2 aromatic rings. The maximum atomic E-state index is 13.7. The van der Waals surface area contributed by atoms with Crippen LogP contribution in [0.25, 0.3) is 0 Å². The molecular formula is C16H10F4O5. The molecule has 5 nitrogen and oxygen atoms in total. The number of carbonyl (C=O) groups is 2. The van der Waals surface area contributed by atoms with Crippen LogP contribution in [0.2, 0.25) is 0 Å². The Labute approximate surface area is 138 Å². The van der Waals surface area contributed by atoms with Gasteiger partial charge in [0.25, 0.3) is 0 Å². The normalized spacial score (nSPS) is 13.2. The first-order valence-electron chi connectivity index (χ1n) is 6.72. The Morgan fingerprint density at radius 2 is 1.36 bits per heavy atom. The lowest BCUT2D eigenvalue weighted by Crippen LogP contribution is -2.25. The van der Waals surface area contributed by atoms with Gasteiger partial charge in [0, 0.05) is 23.3 Å². The highest BCUT2D eigenvalue weighted by molar-refractivity contribution is 5.82. The van der Waals surface area contributed by atoms with E-state index in [-0.39, 0.29) is 0 Å². The van der Waals surface area contributed by atoms with E-state index in [2.05, 4.69) is 4.74 Å². The SMILES string of the molecule is O=C(OC(C(=O)O)c1ccc(F)cc1F)C(O)c1ccc(F)cc1F. The zero-order chi connectivity index (χ0) is 18.7. The fourth-order valence-electron chi connectivity index (χ4n) is 1.99. The second kappa shape index (κ2) is 7.31. The van der Waals surface area contributed by atoms with Gasteiger partial charge in [0.05, 0.1) is 0 Å². The van der Waals surface area contributed by atoms with Crippen LogP contribution in [0.5, 0.6) is 0 Å². The van der Waals surface area contributed by atoms with Crippen molar-refractivity contribution >= 4 is 11.9 Å². The van der Waals surface area contributed by atoms with Crippen LogP contribution < -0.4 is 0 Å². The van der Waals surface area contributed by atoms with Crippen LogP contribution in [-0.2, 0) is 14.3 Å². The third kappa shape index (κ3) is 4.13. The zero-order valence-electron chi connectivity index (χ0n) is 12.2. The van der Waals surface area contributed by atoms with Crippen LogP contribution >= 0.6 is 0 Å². The number of esters is 1. The average molecular weight is 358 g/mol. The summed E-state index contributed by atoms with van der Waals surface area (Å²) >= 11 is 0. The van der Waals surface area contributed by atoms with Gasteiger partial charge in [-0.1, -0.05) is 0 Å². The topological polar surface area (TPSA) is 83.8 Å². The van der Waals surface area contributed by atoms with E-state index in [1.165, 1.54) is 0 Å². The number of benzene rings is 2. The maximum absolute atomic E-state index is 13.7. The number of aliphatic carboxylic acids is 1. The van der Waals surface area contributed by atoms with Crippen molar-refractivity contribution in [2.75, 3.05) is 0 Å². The van der Waals surface area contributed by atoms with Crippen molar-refractivity contribution in [3.8, 4) is 0 Å². The third-order valence-corrected chi connectivity index (χ3v) is 3.18. The van der Waals surface area contributed by atoms with Gasteiger partial charge in [0.15, 0.2) is 6.10 Å². The number of rotatable bonds is 5. The van der Waals surface area contributed by atoms with Crippen LogP contribution in [-0.4, -0.2) is 22.2 Å². The molecule has 2 aromatic carbocycles. The fourth-order valence-corrected chi connectivity index (χ4v) is 1.99.